The van der Waals surface area contributed by atoms with Gasteiger partial charge in [-0.25, -0.2) is 0 Å². The van der Waals surface area contributed by atoms with Crippen LogP contribution >= 0.6 is 0 Å². The van der Waals surface area contributed by atoms with E-state index in [9.17, 15) is 14.7 Å². The molecule has 2 amide bonds. The van der Waals surface area contributed by atoms with Crippen LogP contribution in [0.1, 0.15) is 18.4 Å². The Morgan fingerprint density at radius 1 is 1.21 bits per heavy atom. The highest BCUT2D eigenvalue weighted by atomic mass is 16.3. The number of nitrogens with two attached hydrogens (primary N) is 1. The fourth-order valence-corrected chi connectivity index (χ4v) is 2.97. The fourth-order valence-electron chi connectivity index (χ4n) is 2.97. The fraction of sp³-hybridized carbons (Fsp3) is 0.263. The summed E-state index contributed by atoms with van der Waals surface area (Å²) in [6.45, 7) is 1.13. The lowest BCUT2D eigenvalue weighted by Crippen LogP contribution is -2.38. The summed E-state index contributed by atoms with van der Waals surface area (Å²) in [6.07, 6.45) is 1.15. The van der Waals surface area contributed by atoms with Crippen molar-refractivity contribution in [1.29, 1.82) is 0 Å². The van der Waals surface area contributed by atoms with Crippen LogP contribution in [-0.2, 0) is 16.1 Å². The molecule has 0 aromatic heterocycles. The van der Waals surface area contributed by atoms with Gasteiger partial charge in [0, 0.05) is 25.1 Å². The first-order chi connectivity index (χ1) is 11.5. The zero-order chi connectivity index (χ0) is 17.1. The van der Waals surface area contributed by atoms with Gasteiger partial charge in [0.1, 0.15) is 6.10 Å². The van der Waals surface area contributed by atoms with Crippen LogP contribution < -0.4 is 5.73 Å². The lowest BCUT2D eigenvalue weighted by molar-refractivity contribution is -0.129. The second-order valence-corrected chi connectivity index (χ2v) is 6.05. The molecule has 0 saturated heterocycles. The van der Waals surface area contributed by atoms with Gasteiger partial charge in [-0.15, -0.1) is 0 Å². The number of hydrogen-bond donors (Lipinski definition) is 2. The number of aliphatic hydroxyl groups is 1. The van der Waals surface area contributed by atoms with E-state index >= 15 is 0 Å². The van der Waals surface area contributed by atoms with E-state index in [1.807, 2.05) is 30.3 Å². The molecule has 0 fully saturated rings. The molecule has 2 aromatic rings. The Kier molecular flexibility index (Phi) is 4.62. The number of primary amides is 1. The summed E-state index contributed by atoms with van der Waals surface area (Å²) in [5, 5.41) is 11.9. The van der Waals surface area contributed by atoms with E-state index < -0.39 is 12.0 Å². The van der Waals surface area contributed by atoms with Crippen molar-refractivity contribution in [1.82, 2.24) is 4.90 Å². The monoisotopic (exact) mass is 324 g/mol. The Hall–Kier alpha value is -2.66. The third-order valence-corrected chi connectivity index (χ3v) is 4.28. The van der Waals surface area contributed by atoms with Gasteiger partial charge in [-0.05, 0) is 28.8 Å². The Labute approximate surface area is 140 Å². The first kappa shape index (κ1) is 16.2. The number of hydrogen-bond acceptors (Lipinski definition) is 3. The quantitative estimate of drug-likeness (QED) is 0.878. The maximum atomic E-state index is 12.5. The number of rotatable bonds is 5. The van der Waals surface area contributed by atoms with Crippen LogP contribution in [0.3, 0.4) is 0 Å². The van der Waals surface area contributed by atoms with Crippen LogP contribution in [0.15, 0.2) is 54.1 Å². The molecule has 0 saturated carbocycles. The molecular formula is C19H20N2O3. The minimum atomic E-state index is -1.32. The van der Waals surface area contributed by atoms with Gasteiger partial charge in [0.15, 0.2) is 0 Å². The average molecular weight is 324 g/mol. The molecule has 5 heteroatoms. The van der Waals surface area contributed by atoms with Crippen LogP contribution in [0.25, 0.3) is 10.8 Å². The van der Waals surface area contributed by atoms with Crippen LogP contribution in [0.2, 0.25) is 0 Å². The lowest BCUT2D eigenvalue weighted by atomic mass is 10.0. The molecule has 0 radical (unpaired) electrons. The summed E-state index contributed by atoms with van der Waals surface area (Å²) in [7, 11) is 0. The number of aliphatic hydroxyl groups excluding tert-OH is 1. The average Bonchev–Trinajstić information content (AvgIpc) is 2.58. The van der Waals surface area contributed by atoms with E-state index in [1.165, 1.54) is 0 Å². The van der Waals surface area contributed by atoms with Gasteiger partial charge in [-0.3, -0.25) is 9.59 Å². The van der Waals surface area contributed by atoms with Crippen molar-refractivity contribution in [2.45, 2.75) is 25.5 Å². The highest BCUT2D eigenvalue weighted by Gasteiger charge is 2.25. The predicted octanol–water partition coefficient (Wildman–Crippen LogP) is 1.73. The highest BCUT2D eigenvalue weighted by molar-refractivity contribution is 5.95. The lowest BCUT2D eigenvalue weighted by Gasteiger charge is -2.28. The molecule has 1 atom stereocenters. The van der Waals surface area contributed by atoms with Crippen molar-refractivity contribution in [3.8, 4) is 0 Å². The van der Waals surface area contributed by atoms with Gasteiger partial charge in [0.05, 0.1) is 0 Å². The van der Waals surface area contributed by atoms with E-state index in [0.717, 1.165) is 16.3 Å². The van der Waals surface area contributed by atoms with Crippen molar-refractivity contribution in [2.24, 2.45) is 5.73 Å². The molecule has 0 spiro atoms. The second-order valence-electron chi connectivity index (χ2n) is 6.05. The van der Waals surface area contributed by atoms with Crippen LogP contribution in [-0.4, -0.2) is 34.5 Å². The molecule has 5 nitrogen and oxygen atoms in total. The van der Waals surface area contributed by atoms with Gasteiger partial charge in [-0.2, -0.15) is 0 Å². The molecule has 0 bridgehead atoms. The third-order valence-electron chi connectivity index (χ3n) is 4.28. The molecule has 3 N–H and O–H groups in total. The van der Waals surface area contributed by atoms with Crippen LogP contribution in [0.4, 0.5) is 0 Å². The molecule has 3 rings (SSSR count). The maximum Gasteiger partial charge on any atom is 0.249 e. The van der Waals surface area contributed by atoms with E-state index in [4.69, 9.17) is 5.73 Å². The van der Waals surface area contributed by atoms with Gasteiger partial charge in [-0.1, -0.05) is 42.5 Å². The van der Waals surface area contributed by atoms with Crippen molar-refractivity contribution < 1.29 is 14.7 Å². The molecular weight excluding hydrogens is 304 g/mol. The minimum absolute atomic E-state index is 0.0254. The summed E-state index contributed by atoms with van der Waals surface area (Å²) in [4.78, 5) is 25.3. The summed E-state index contributed by atoms with van der Waals surface area (Å²) < 4.78 is 0. The zero-order valence-corrected chi connectivity index (χ0v) is 13.3. The second kappa shape index (κ2) is 6.84. The molecule has 124 valence electrons. The Balaban J connectivity index is 1.73. The van der Waals surface area contributed by atoms with Gasteiger partial charge >= 0.3 is 0 Å². The molecule has 2 aromatic carbocycles. The molecule has 1 heterocycles. The van der Waals surface area contributed by atoms with Crippen LogP contribution in [0.5, 0.6) is 0 Å². The minimum Gasteiger partial charge on any atom is -0.383 e. The Morgan fingerprint density at radius 2 is 1.96 bits per heavy atom. The largest absolute Gasteiger partial charge is 0.383 e. The number of carbonyl (C=O) groups is 2. The zero-order valence-electron chi connectivity index (χ0n) is 13.3. The number of nitrogens with zero attached hydrogens (tertiary/aromatic N) is 1. The van der Waals surface area contributed by atoms with Crippen molar-refractivity contribution in [3.63, 3.8) is 0 Å². The molecule has 1 aliphatic heterocycles. The van der Waals surface area contributed by atoms with Gasteiger partial charge in [0.25, 0.3) is 0 Å². The smallest absolute Gasteiger partial charge is 0.249 e. The molecule has 0 aliphatic carbocycles. The summed E-state index contributed by atoms with van der Waals surface area (Å²) in [5.74, 6) is -0.954. The first-order valence-electron chi connectivity index (χ1n) is 7.98. The third kappa shape index (κ3) is 3.46. The first-order valence-corrected chi connectivity index (χ1v) is 7.98. The normalized spacial score (nSPS) is 16.1. The Bertz CT molecular complexity index is 813. The molecule has 1 unspecified atom stereocenters. The topological polar surface area (TPSA) is 83.6 Å². The number of fused-ring (bicyclic) bond motifs is 1. The SMILES string of the molecule is NC(=O)C(O)CC1=CCCN(Cc2ccc3ccccc3c2)C1=O. The van der Waals surface area contributed by atoms with E-state index in [-0.39, 0.29) is 12.3 Å². The number of amides is 2. The van der Waals surface area contributed by atoms with Gasteiger partial charge in [0.2, 0.25) is 11.8 Å². The highest BCUT2D eigenvalue weighted by Crippen LogP contribution is 2.21. The van der Waals surface area contributed by atoms with Crippen molar-refractivity contribution in [3.05, 3.63) is 59.7 Å². The van der Waals surface area contributed by atoms with Crippen molar-refractivity contribution >= 4 is 22.6 Å². The van der Waals surface area contributed by atoms with E-state index in [0.29, 0.717) is 25.1 Å². The molecule has 24 heavy (non-hydrogen) atoms. The predicted molar refractivity (Wildman–Crippen MR) is 91.9 cm³/mol. The van der Waals surface area contributed by atoms with Crippen LogP contribution in [0, 0.1) is 0 Å². The summed E-state index contributed by atoms with van der Waals surface area (Å²) in [5.41, 5.74) is 6.58. The van der Waals surface area contributed by atoms with E-state index in [1.54, 1.807) is 11.0 Å². The standard InChI is InChI=1S/C19H20N2O3/c20-18(23)17(22)11-16-6-3-9-21(19(16)24)12-13-7-8-14-4-1-2-5-15(14)10-13/h1-2,4-8,10,17,22H,3,9,11-12H2,(H2,20,23). The molecule has 1 aliphatic rings. The maximum absolute atomic E-state index is 12.5. The summed E-state index contributed by atoms with van der Waals surface area (Å²) in [6, 6.07) is 14.2. The van der Waals surface area contributed by atoms with Gasteiger partial charge < -0.3 is 15.7 Å². The number of carbonyl (C=O) groups excluding carboxylic acids is 2. The number of benzene rings is 2. The van der Waals surface area contributed by atoms with Crippen molar-refractivity contribution in [2.75, 3.05) is 6.54 Å². The summed E-state index contributed by atoms with van der Waals surface area (Å²) >= 11 is 0. The van der Waals surface area contributed by atoms with E-state index in [2.05, 4.69) is 12.1 Å². The Morgan fingerprint density at radius 3 is 2.71 bits per heavy atom.